The highest BCUT2D eigenvalue weighted by atomic mass is 32.2. The number of aromatic nitrogens is 1. The van der Waals surface area contributed by atoms with Gasteiger partial charge in [0, 0.05) is 19.9 Å². The summed E-state index contributed by atoms with van der Waals surface area (Å²) in [5.74, 6) is 0. The minimum atomic E-state index is -4.78. The molecule has 1 aliphatic carbocycles. The van der Waals surface area contributed by atoms with E-state index in [2.05, 4.69) is 9.71 Å². The Kier molecular flexibility index (Phi) is 5.56. The first kappa shape index (κ1) is 19.1. The van der Waals surface area contributed by atoms with Crippen molar-refractivity contribution >= 4 is 10.0 Å². The molecule has 0 bridgehead atoms. The summed E-state index contributed by atoms with van der Waals surface area (Å²) in [7, 11) is -2.71. The van der Waals surface area contributed by atoms with Crippen LogP contribution in [-0.2, 0) is 20.9 Å². The molecule has 0 saturated heterocycles. The molecule has 0 atom stereocenters. The molecule has 1 aromatic rings. The molecule has 1 aliphatic rings. The van der Waals surface area contributed by atoms with Gasteiger partial charge in [-0.25, -0.2) is 18.1 Å². The normalized spacial score (nSPS) is 25.6. The molecule has 2 rings (SSSR count). The zero-order chi connectivity index (χ0) is 18.0. The van der Waals surface area contributed by atoms with E-state index in [9.17, 15) is 21.6 Å². The van der Waals surface area contributed by atoms with Crippen molar-refractivity contribution in [3.8, 4) is 0 Å². The van der Waals surface area contributed by atoms with Crippen LogP contribution in [0.4, 0.5) is 13.2 Å². The van der Waals surface area contributed by atoms with Crippen LogP contribution in [0.15, 0.2) is 23.4 Å². The number of ether oxygens (including phenoxy) is 1. The molecule has 0 radical (unpaired) electrons. The van der Waals surface area contributed by atoms with Crippen LogP contribution in [0.5, 0.6) is 0 Å². The van der Waals surface area contributed by atoms with Crippen molar-refractivity contribution in [1.82, 2.24) is 9.71 Å². The van der Waals surface area contributed by atoms with Crippen molar-refractivity contribution < 1.29 is 26.3 Å². The van der Waals surface area contributed by atoms with Gasteiger partial charge in [0.25, 0.3) is 10.0 Å². The minimum absolute atomic E-state index is 0.0691. The zero-order valence-corrected chi connectivity index (χ0v) is 14.4. The summed E-state index contributed by atoms with van der Waals surface area (Å²) in [6.45, 7) is 1.99. The van der Waals surface area contributed by atoms with E-state index in [1.54, 1.807) is 7.11 Å². The highest BCUT2D eigenvalue weighted by molar-refractivity contribution is 7.89. The van der Waals surface area contributed by atoms with E-state index < -0.39 is 26.8 Å². The van der Waals surface area contributed by atoms with E-state index in [0.717, 1.165) is 37.9 Å². The molecule has 0 aromatic carbocycles. The van der Waals surface area contributed by atoms with Crippen LogP contribution < -0.4 is 4.72 Å². The molecule has 1 saturated carbocycles. The predicted octanol–water partition coefficient (Wildman–Crippen LogP) is 2.97. The lowest BCUT2D eigenvalue weighted by molar-refractivity contribution is -0.140. The third-order valence-corrected chi connectivity index (χ3v) is 5.85. The summed E-state index contributed by atoms with van der Waals surface area (Å²) in [6, 6.07) is 1.78. The molecule has 0 aliphatic heterocycles. The van der Waals surface area contributed by atoms with Gasteiger partial charge >= 0.3 is 6.18 Å². The number of sulfonamides is 1. The summed E-state index contributed by atoms with van der Waals surface area (Å²) in [6.07, 6.45) is -0.515. The fourth-order valence-corrected chi connectivity index (χ4v) is 4.21. The van der Waals surface area contributed by atoms with E-state index in [-0.39, 0.29) is 18.1 Å². The fourth-order valence-electron chi connectivity index (χ4n) is 2.86. The third-order valence-electron chi connectivity index (χ3n) is 4.49. The molecular formula is C15H21F3N2O3S. The number of nitrogens with zero attached hydrogens (tertiary/aromatic N) is 1. The highest BCUT2D eigenvalue weighted by Crippen LogP contribution is 2.37. The molecule has 0 amide bonds. The standard InChI is InChI=1S/C15H21F3N2O3S/c1-14(7-5-11(23-2)6-8-14)10-20-24(21,22)13-12(15(16,17)18)4-3-9-19-13/h3-4,9,11,20H,5-8,10H2,1-2H3. The molecular weight excluding hydrogens is 345 g/mol. The smallest absolute Gasteiger partial charge is 0.381 e. The van der Waals surface area contributed by atoms with E-state index in [1.165, 1.54) is 0 Å². The first-order valence-electron chi connectivity index (χ1n) is 7.62. The molecule has 1 N–H and O–H groups in total. The number of nitrogens with one attached hydrogen (secondary N) is 1. The lowest BCUT2D eigenvalue weighted by atomic mass is 9.75. The molecule has 0 spiro atoms. The maximum atomic E-state index is 13.0. The highest BCUT2D eigenvalue weighted by Gasteiger charge is 2.39. The average molecular weight is 366 g/mol. The Balaban J connectivity index is 2.13. The second-order valence-corrected chi connectivity index (χ2v) is 8.11. The summed E-state index contributed by atoms with van der Waals surface area (Å²) >= 11 is 0. The number of hydrogen-bond acceptors (Lipinski definition) is 4. The number of alkyl halides is 3. The lowest BCUT2D eigenvalue weighted by Gasteiger charge is -2.36. The van der Waals surface area contributed by atoms with Gasteiger partial charge in [0.15, 0.2) is 5.03 Å². The Morgan fingerprint density at radius 1 is 1.38 bits per heavy atom. The molecule has 1 fully saturated rings. The quantitative estimate of drug-likeness (QED) is 0.870. The monoisotopic (exact) mass is 366 g/mol. The van der Waals surface area contributed by atoms with E-state index in [0.29, 0.717) is 6.07 Å². The van der Waals surface area contributed by atoms with Crippen LogP contribution in [-0.4, -0.2) is 33.2 Å². The fraction of sp³-hybridized carbons (Fsp3) is 0.667. The summed E-state index contributed by atoms with van der Waals surface area (Å²) in [4.78, 5) is 3.44. The van der Waals surface area contributed by atoms with Crippen molar-refractivity contribution in [3.63, 3.8) is 0 Å². The molecule has 136 valence electrons. The average Bonchev–Trinajstić information content (AvgIpc) is 2.53. The van der Waals surface area contributed by atoms with Gasteiger partial charge in [0.05, 0.1) is 11.7 Å². The largest absolute Gasteiger partial charge is 0.419 e. The summed E-state index contributed by atoms with van der Waals surface area (Å²) in [5, 5.41) is -0.980. The Labute approximate surface area is 139 Å². The van der Waals surface area contributed by atoms with Gasteiger partial charge in [-0.05, 0) is 43.2 Å². The maximum absolute atomic E-state index is 13.0. The molecule has 1 heterocycles. The Morgan fingerprint density at radius 2 is 2.00 bits per heavy atom. The van der Waals surface area contributed by atoms with Crippen LogP contribution in [0.2, 0.25) is 0 Å². The van der Waals surface area contributed by atoms with Crippen molar-refractivity contribution in [3.05, 3.63) is 23.9 Å². The van der Waals surface area contributed by atoms with Gasteiger partial charge < -0.3 is 4.74 Å². The number of halogens is 3. The summed E-state index contributed by atoms with van der Waals surface area (Å²) < 4.78 is 71.1. The molecule has 9 heteroatoms. The van der Waals surface area contributed by atoms with E-state index in [4.69, 9.17) is 4.74 Å². The number of pyridine rings is 1. The molecule has 24 heavy (non-hydrogen) atoms. The van der Waals surface area contributed by atoms with E-state index >= 15 is 0 Å². The first-order chi connectivity index (χ1) is 11.1. The Morgan fingerprint density at radius 3 is 2.54 bits per heavy atom. The van der Waals surface area contributed by atoms with Gasteiger partial charge in [-0.2, -0.15) is 13.2 Å². The first-order valence-corrected chi connectivity index (χ1v) is 9.10. The second-order valence-electron chi connectivity index (χ2n) is 6.42. The zero-order valence-electron chi connectivity index (χ0n) is 13.6. The van der Waals surface area contributed by atoms with Crippen LogP contribution in [0.25, 0.3) is 0 Å². The maximum Gasteiger partial charge on any atom is 0.419 e. The Hall–Kier alpha value is -1.19. The van der Waals surface area contributed by atoms with Crippen molar-refractivity contribution in [1.29, 1.82) is 0 Å². The van der Waals surface area contributed by atoms with E-state index in [1.807, 2.05) is 6.92 Å². The van der Waals surface area contributed by atoms with Gasteiger partial charge in [0.1, 0.15) is 0 Å². The number of methoxy groups -OCH3 is 1. The lowest BCUT2D eigenvalue weighted by Crippen LogP contribution is -2.40. The molecule has 5 nitrogen and oxygen atoms in total. The van der Waals surface area contributed by atoms with Crippen LogP contribution in [0, 0.1) is 5.41 Å². The molecule has 1 aromatic heterocycles. The van der Waals surface area contributed by atoms with Crippen molar-refractivity contribution in [2.75, 3.05) is 13.7 Å². The summed E-state index contributed by atoms with van der Waals surface area (Å²) in [5.41, 5.74) is -1.57. The number of rotatable bonds is 5. The van der Waals surface area contributed by atoms with Crippen molar-refractivity contribution in [2.24, 2.45) is 5.41 Å². The molecule has 0 unspecified atom stereocenters. The predicted molar refractivity (Wildman–Crippen MR) is 81.8 cm³/mol. The van der Waals surface area contributed by atoms with Crippen molar-refractivity contribution in [2.45, 2.75) is 49.9 Å². The van der Waals surface area contributed by atoms with Gasteiger partial charge in [-0.3, -0.25) is 0 Å². The SMILES string of the molecule is COC1CCC(C)(CNS(=O)(=O)c2ncccc2C(F)(F)F)CC1. The van der Waals surface area contributed by atoms with Crippen LogP contribution in [0.3, 0.4) is 0 Å². The van der Waals surface area contributed by atoms with Crippen LogP contribution in [0.1, 0.15) is 38.2 Å². The third kappa shape index (κ3) is 4.46. The van der Waals surface area contributed by atoms with Crippen LogP contribution >= 0.6 is 0 Å². The van der Waals surface area contributed by atoms with Gasteiger partial charge in [-0.1, -0.05) is 6.92 Å². The number of hydrogen-bond donors (Lipinski definition) is 1. The second kappa shape index (κ2) is 6.97. The topological polar surface area (TPSA) is 68.3 Å². The van der Waals surface area contributed by atoms with Gasteiger partial charge in [0.2, 0.25) is 0 Å². The van der Waals surface area contributed by atoms with Gasteiger partial charge in [-0.15, -0.1) is 0 Å². The Bertz CT molecular complexity index is 669. The minimum Gasteiger partial charge on any atom is -0.381 e.